The number of halogens is 2. The minimum Gasteiger partial charge on any atom is -0.496 e. The second kappa shape index (κ2) is 8.43. The number of hydrogen-bond acceptors (Lipinski definition) is 4. The Kier molecular flexibility index (Phi) is 6.12. The van der Waals surface area contributed by atoms with Gasteiger partial charge >= 0.3 is 6.03 Å². The van der Waals surface area contributed by atoms with Crippen LogP contribution in [-0.2, 0) is 21.7 Å². The summed E-state index contributed by atoms with van der Waals surface area (Å²) in [6, 6.07) is 10.1. The molecule has 1 fully saturated rings. The molecule has 1 unspecified atom stereocenters. The molecule has 0 aliphatic carbocycles. The largest absolute Gasteiger partial charge is 0.496 e. The number of carbonyl (C=O) groups is 3. The molecule has 4 amide bonds. The summed E-state index contributed by atoms with van der Waals surface area (Å²) in [4.78, 5) is 40.4. The van der Waals surface area contributed by atoms with E-state index in [1.165, 1.54) is 43.2 Å². The molecule has 2 aromatic rings. The maximum Gasteiger partial charge on any atom is 0.325 e. The summed E-state index contributed by atoms with van der Waals surface area (Å²) in [6.07, 6.45) is 0. The fraction of sp³-hybridized carbons (Fsp3) is 0.286. The Morgan fingerprint density at radius 1 is 1.23 bits per heavy atom. The topological polar surface area (TPSA) is 79.0 Å². The maximum absolute atomic E-state index is 13.2. The quantitative estimate of drug-likeness (QED) is 0.648. The second-order valence-corrected chi connectivity index (χ2v) is 8.07. The van der Waals surface area contributed by atoms with E-state index < -0.39 is 35.7 Å². The van der Waals surface area contributed by atoms with Crippen LogP contribution in [-0.4, -0.2) is 48.3 Å². The van der Waals surface area contributed by atoms with Gasteiger partial charge in [-0.1, -0.05) is 28.1 Å². The zero-order valence-electron chi connectivity index (χ0n) is 16.7. The van der Waals surface area contributed by atoms with Crippen LogP contribution < -0.4 is 10.1 Å². The van der Waals surface area contributed by atoms with Crippen LogP contribution in [0.25, 0.3) is 0 Å². The Morgan fingerprint density at radius 2 is 1.90 bits per heavy atom. The van der Waals surface area contributed by atoms with Gasteiger partial charge in [0.1, 0.15) is 23.7 Å². The van der Waals surface area contributed by atoms with E-state index in [2.05, 4.69) is 21.2 Å². The van der Waals surface area contributed by atoms with Crippen molar-refractivity contribution >= 4 is 33.8 Å². The van der Waals surface area contributed by atoms with Crippen LogP contribution in [0.3, 0.4) is 0 Å². The number of urea groups is 1. The van der Waals surface area contributed by atoms with Crippen LogP contribution in [0.2, 0.25) is 0 Å². The number of amides is 4. The van der Waals surface area contributed by atoms with E-state index in [4.69, 9.17) is 4.74 Å². The van der Waals surface area contributed by atoms with Gasteiger partial charge in [-0.05, 0) is 42.8 Å². The van der Waals surface area contributed by atoms with Gasteiger partial charge in [0.15, 0.2) is 0 Å². The monoisotopic (exact) mass is 477 g/mol. The van der Waals surface area contributed by atoms with Crippen molar-refractivity contribution in [2.24, 2.45) is 0 Å². The van der Waals surface area contributed by atoms with Crippen LogP contribution >= 0.6 is 15.9 Å². The Labute approximate surface area is 181 Å². The minimum absolute atomic E-state index is 0.236. The van der Waals surface area contributed by atoms with Crippen LogP contribution in [0.4, 0.5) is 9.18 Å². The summed E-state index contributed by atoms with van der Waals surface area (Å²) in [6.45, 7) is 1.36. The molecule has 0 aromatic heterocycles. The zero-order valence-corrected chi connectivity index (χ0v) is 18.3. The lowest BCUT2D eigenvalue weighted by Crippen LogP contribution is -2.43. The molecule has 3 rings (SSSR count). The summed E-state index contributed by atoms with van der Waals surface area (Å²) in [5, 5.41) is 2.60. The first kappa shape index (κ1) is 21.8. The van der Waals surface area contributed by atoms with Crippen LogP contribution in [0.5, 0.6) is 5.75 Å². The van der Waals surface area contributed by atoms with Crippen molar-refractivity contribution in [3.63, 3.8) is 0 Å². The first-order valence-corrected chi connectivity index (χ1v) is 9.91. The molecule has 1 saturated heterocycles. The molecule has 1 aliphatic rings. The van der Waals surface area contributed by atoms with Crippen LogP contribution in [0.15, 0.2) is 46.9 Å². The third kappa shape index (κ3) is 4.16. The molecule has 158 valence electrons. The van der Waals surface area contributed by atoms with E-state index in [0.717, 1.165) is 14.9 Å². The normalized spacial score (nSPS) is 18.4. The molecule has 1 heterocycles. The van der Waals surface area contributed by atoms with Gasteiger partial charge in [-0.25, -0.2) is 9.18 Å². The average molecular weight is 478 g/mol. The first-order chi connectivity index (χ1) is 14.2. The number of likely N-dealkylation sites (N-methyl/N-ethyl adjacent to an activating group) is 1. The van der Waals surface area contributed by atoms with Gasteiger partial charge in [-0.15, -0.1) is 0 Å². The van der Waals surface area contributed by atoms with E-state index in [1.807, 2.05) is 12.1 Å². The molecule has 1 aliphatic heterocycles. The van der Waals surface area contributed by atoms with Crippen molar-refractivity contribution in [3.8, 4) is 5.75 Å². The van der Waals surface area contributed by atoms with Crippen molar-refractivity contribution < 1.29 is 23.5 Å². The number of imide groups is 1. The molecule has 0 saturated carbocycles. The molecular weight excluding hydrogens is 457 g/mol. The predicted octanol–water partition coefficient (Wildman–Crippen LogP) is 3.02. The summed E-state index contributed by atoms with van der Waals surface area (Å²) < 4.78 is 19.4. The minimum atomic E-state index is -1.36. The molecule has 30 heavy (non-hydrogen) atoms. The number of benzene rings is 2. The lowest BCUT2D eigenvalue weighted by molar-refractivity contribution is -0.138. The average Bonchev–Trinajstić information content (AvgIpc) is 2.92. The number of nitrogens with zero attached hydrogens (tertiary/aromatic N) is 2. The number of hydrogen-bond donors (Lipinski definition) is 1. The molecule has 0 bridgehead atoms. The third-order valence-corrected chi connectivity index (χ3v) is 5.56. The summed E-state index contributed by atoms with van der Waals surface area (Å²) in [7, 11) is 3.12. The van der Waals surface area contributed by atoms with Crippen molar-refractivity contribution in [2.75, 3.05) is 20.7 Å². The highest BCUT2D eigenvalue weighted by molar-refractivity contribution is 9.10. The smallest absolute Gasteiger partial charge is 0.325 e. The summed E-state index contributed by atoms with van der Waals surface area (Å²) in [5.41, 5.74) is -0.155. The second-order valence-electron chi connectivity index (χ2n) is 7.16. The first-order valence-electron chi connectivity index (χ1n) is 9.12. The lowest BCUT2D eigenvalue weighted by atomic mass is 9.92. The SMILES string of the molecule is COc1ccc(Br)cc1CN(C)C(=O)CN1C(=O)NC(C)(c2ccc(F)cc2)C1=O. The van der Waals surface area contributed by atoms with Crippen molar-refractivity contribution in [1.82, 2.24) is 15.1 Å². The molecule has 7 nitrogen and oxygen atoms in total. The van der Waals surface area contributed by atoms with E-state index in [9.17, 15) is 18.8 Å². The van der Waals surface area contributed by atoms with E-state index in [1.54, 1.807) is 13.1 Å². The Hall–Kier alpha value is -2.94. The predicted molar refractivity (Wildman–Crippen MR) is 111 cm³/mol. The van der Waals surface area contributed by atoms with E-state index in [0.29, 0.717) is 11.3 Å². The van der Waals surface area contributed by atoms with Crippen molar-refractivity contribution in [2.45, 2.75) is 19.0 Å². The number of methoxy groups -OCH3 is 1. The summed E-state index contributed by atoms with van der Waals surface area (Å²) in [5.74, 6) is -0.808. The Morgan fingerprint density at radius 3 is 2.53 bits per heavy atom. The number of rotatable bonds is 6. The summed E-state index contributed by atoms with van der Waals surface area (Å²) >= 11 is 3.39. The van der Waals surface area contributed by atoms with Crippen LogP contribution in [0.1, 0.15) is 18.1 Å². The van der Waals surface area contributed by atoms with Gasteiger partial charge < -0.3 is 15.0 Å². The number of nitrogens with one attached hydrogen (secondary N) is 1. The van der Waals surface area contributed by atoms with Crippen LogP contribution in [0, 0.1) is 5.82 Å². The zero-order chi connectivity index (χ0) is 22.1. The third-order valence-electron chi connectivity index (χ3n) is 5.07. The van der Waals surface area contributed by atoms with Crippen molar-refractivity contribution in [1.29, 1.82) is 0 Å². The highest BCUT2D eigenvalue weighted by Gasteiger charge is 2.49. The van der Waals surface area contributed by atoms with Gasteiger partial charge in [0.2, 0.25) is 5.91 Å². The fourth-order valence-electron chi connectivity index (χ4n) is 3.29. The van der Waals surface area contributed by atoms with E-state index >= 15 is 0 Å². The lowest BCUT2D eigenvalue weighted by Gasteiger charge is -2.23. The molecule has 2 aromatic carbocycles. The Bertz CT molecular complexity index is 998. The number of ether oxygens (including phenoxy) is 1. The number of carbonyl (C=O) groups excluding carboxylic acids is 3. The van der Waals surface area contributed by atoms with Gasteiger partial charge in [0, 0.05) is 23.6 Å². The molecular formula is C21H21BrFN3O4. The highest BCUT2D eigenvalue weighted by Crippen LogP contribution is 2.29. The molecule has 0 radical (unpaired) electrons. The highest BCUT2D eigenvalue weighted by atomic mass is 79.9. The molecule has 0 spiro atoms. The van der Waals surface area contributed by atoms with Crippen molar-refractivity contribution in [3.05, 3.63) is 63.9 Å². The van der Waals surface area contributed by atoms with E-state index in [-0.39, 0.29) is 6.54 Å². The fourth-order valence-corrected chi connectivity index (χ4v) is 3.70. The molecule has 9 heteroatoms. The molecule has 1 N–H and O–H groups in total. The van der Waals surface area contributed by atoms with Gasteiger partial charge in [0.25, 0.3) is 5.91 Å². The van der Waals surface area contributed by atoms with Gasteiger partial charge in [0.05, 0.1) is 7.11 Å². The Balaban J connectivity index is 1.73. The molecule has 1 atom stereocenters. The maximum atomic E-state index is 13.2. The standard InChI is InChI=1S/C21H21BrFN3O4/c1-21(14-4-7-16(23)8-5-14)19(28)26(20(29)24-21)12-18(27)25(2)11-13-10-15(22)6-9-17(13)30-3/h4-10H,11-12H2,1-3H3,(H,24,29). The van der Waals surface area contributed by atoms with Gasteiger partial charge in [-0.3, -0.25) is 14.5 Å². The van der Waals surface area contributed by atoms with Gasteiger partial charge in [-0.2, -0.15) is 0 Å².